The Balaban J connectivity index is 0.00000112. The maximum absolute atomic E-state index is 9.63. The fraction of sp³-hybridized carbons (Fsp3) is 0.455. The molecule has 0 radical (unpaired) electrons. The number of rotatable bonds is 2. The van der Waals surface area contributed by atoms with Gasteiger partial charge in [0, 0.05) is 11.6 Å². The van der Waals surface area contributed by atoms with E-state index in [0.29, 0.717) is 6.04 Å². The number of phenolic OH excluding ortho intramolecular Hbond substituents is 2. The predicted molar refractivity (Wildman–Crippen MR) is 65.0 cm³/mol. The third-order valence-electron chi connectivity index (χ3n) is 2.77. The number of hydrogen-bond donors (Lipinski definition) is 3. The van der Waals surface area contributed by atoms with Gasteiger partial charge in [0.1, 0.15) is 0 Å². The number of nitrogens with one attached hydrogen (secondary N) is 1. The van der Waals surface area contributed by atoms with E-state index in [1.165, 1.54) is 0 Å². The zero-order valence-corrected chi connectivity index (χ0v) is 10.4. The number of hydrogen-bond acceptors (Lipinski definition) is 3. The molecule has 1 aliphatic carbocycles. The molecular formula is C11H16BrNO2. The van der Waals surface area contributed by atoms with E-state index in [4.69, 9.17) is 0 Å². The van der Waals surface area contributed by atoms with Gasteiger partial charge in [0.2, 0.25) is 0 Å². The summed E-state index contributed by atoms with van der Waals surface area (Å²) < 4.78 is 0. The van der Waals surface area contributed by atoms with Crippen molar-refractivity contribution in [1.29, 1.82) is 0 Å². The van der Waals surface area contributed by atoms with Crippen molar-refractivity contribution in [3.05, 3.63) is 23.3 Å². The van der Waals surface area contributed by atoms with Gasteiger partial charge in [0.05, 0.1) is 0 Å². The molecular weight excluding hydrogens is 258 g/mol. The second-order valence-corrected chi connectivity index (χ2v) is 3.73. The summed E-state index contributed by atoms with van der Waals surface area (Å²) in [4.78, 5) is 0. The molecule has 0 spiro atoms. The summed E-state index contributed by atoms with van der Waals surface area (Å²) in [6.07, 6.45) is 1.75. The largest absolute Gasteiger partial charge is 0.504 e. The molecule has 4 heteroatoms. The average molecular weight is 274 g/mol. The molecule has 0 saturated heterocycles. The first-order valence-electron chi connectivity index (χ1n) is 4.98. The summed E-state index contributed by atoms with van der Waals surface area (Å²) in [5.41, 5.74) is 2.04. The highest BCUT2D eigenvalue weighted by molar-refractivity contribution is 8.93. The van der Waals surface area contributed by atoms with Crippen LogP contribution in [-0.4, -0.2) is 22.8 Å². The molecule has 1 aromatic carbocycles. The standard InChI is InChI=1S/C11H15NO2.BrH/c1-2-12-8-5-7-3-4-10(13)11(14)9(7)6-8;/h3-4,8,12-14H,2,5-6H2,1H3;1H. The Bertz CT molecular complexity index is 355. The summed E-state index contributed by atoms with van der Waals surface area (Å²) in [6.45, 7) is 3.01. The van der Waals surface area contributed by atoms with Crippen LogP contribution in [-0.2, 0) is 12.8 Å². The first-order chi connectivity index (χ1) is 6.72. The van der Waals surface area contributed by atoms with Crippen LogP contribution < -0.4 is 5.32 Å². The topological polar surface area (TPSA) is 52.5 Å². The van der Waals surface area contributed by atoms with Crippen molar-refractivity contribution in [3.63, 3.8) is 0 Å². The molecule has 1 aromatic rings. The summed E-state index contributed by atoms with van der Waals surface area (Å²) in [7, 11) is 0. The third kappa shape index (κ3) is 2.26. The van der Waals surface area contributed by atoms with Gasteiger partial charge in [-0.1, -0.05) is 13.0 Å². The Labute approximate surface area is 99.9 Å². The van der Waals surface area contributed by atoms with E-state index >= 15 is 0 Å². The molecule has 1 atom stereocenters. The molecule has 0 heterocycles. The summed E-state index contributed by atoms with van der Waals surface area (Å²) in [5.74, 6) is 0.0452. The highest BCUT2D eigenvalue weighted by atomic mass is 79.9. The number of likely N-dealkylation sites (N-methyl/N-ethyl adjacent to an activating group) is 1. The van der Waals surface area contributed by atoms with Gasteiger partial charge in [-0.25, -0.2) is 0 Å². The van der Waals surface area contributed by atoms with Crippen molar-refractivity contribution in [2.75, 3.05) is 6.54 Å². The van der Waals surface area contributed by atoms with Crippen molar-refractivity contribution in [2.45, 2.75) is 25.8 Å². The van der Waals surface area contributed by atoms with Gasteiger partial charge in [-0.3, -0.25) is 0 Å². The van der Waals surface area contributed by atoms with Gasteiger partial charge < -0.3 is 15.5 Å². The molecule has 84 valence electrons. The van der Waals surface area contributed by atoms with Crippen molar-refractivity contribution in [2.24, 2.45) is 0 Å². The summed E-state index contributed by atoms with van der Waals surface area (Å²) >= 11 is 0. The van der Waals surface area contributed by atoms with Gasteiger partial charge in [0.25, 0.3) is 0 Å². The second kappa shape index (κ2) is 4.86. The molecule has 15 heavy (non-hydrogen) atoms. The molecule has 0 amide bonds. The van der Waals surface area contributed by atoms with E-state index in [1.807, 2.05) is 6.07 Å². The third-order valence-corrected chi connectivity index (χ3v) is 2.77. The van der Waals surface area contributed by atoms with Crippen LogP contribution in [0.15, 0.2) is 12.1 Å². The molecule has 0 saturated carbocycles. The van der Waals surface area contributed by atoms with Crippen molar-refractivity contribution >= 4 is 17.0 Å². The van der Waals surface area contributed by atoms with Crippen LogP contribution in [0.5, 0.6) is 11.5 Å². The Morgan fingerprint density at radius 3 is 2.73 bits per heavy atom. The molecule has 1 unspecified atom stereocenters. The predicted octanol–water partition coefficient (Wildman–Crippen LogP) is 1.75. The molecule has 2 rings (SSSR count). The lowest BCUT2D eigenvalue weighted by molar-refractivity contribution is 0.399. The Hall–Kier alpha value is -0.740. The van der Waals surface area contributed by atoms with Gasteiger partial charge >= 0.3 is 0 Å². The molecule has 0 aromatic heterocycles. The number of aromatic hydroxyl groups is 2. The molecule has 0 bridgehead atoms. The maximum atomic E-state index is 9.63. The molecule has 0 aliphatic heterocycles. The minimum Gasteiger partial charge on any atom is -0.504 e. The lowest BCUT2D eigenvalue weighted by Gasteiger charge is -2.08. The van der Waals surface area contributed by atoms with Gasteiger partial charge in [0.15, 0.2) is 11.5 Å². The van der Waals surface area contributed by atoms with E-state index in [1.54, 1.807) is 6.07 Å². The van der Waals surface area contributed by atoms with E-state index < -0.39 is 0 Å². The summed E-state index contributed by atoms with van der Waals surface area (Å²) in [6, 6.07) is 3.85. The number of benzene rings is 1. The number of halogens is 1. The lowest BCUT2D eigenvalue weighted by Crippen LogP contribution is -2.28. The fourth-order valence-corrected chi connectivity index (χ4v) is 2.10. The normalized spacial score (nSPS) is 18.3. The minimum absolute atomic E-state index is 0. The van der Waals surface area contributed by atoms with Crippen LogP contribution in [0.4, 0.5) is 0 Å². The quantitative estimate of drug-likeness (QED) is 0.720. The van der Waals surface area contributed by atoms with E-state index in [2.05, 4.69) is 12.2 Å². The molecule has 3 nitrogen and oxygen atoms in total. The van der Waals surface area contributed by atoms with Crippen molar-refractivity contribution in [1.82, 2.24) is 5.32 Å². The van der Waals surface area contributed by atoms with Crippen LogP contribution in [0.1, 0.15) is 18.1 Å². The van der Waals surface area contributed by atoms with Gasteiger partial charge in [-0.15, -0.1) is 17.0 Å². The Kier molecular flexibility index (Phi) is 3.99. The zero-order valence-electron chi connectivity index (χ0n) is 8.66. The number of phenols is 2. The average Bonchev–Trinajstić information content (AvgIpc) is 2.56. The van der Waals surface area contributed by atoms with Crippen molar-refractivity contribution < 1.29 is 10.2 Å². The summed E-state index contributed by atoms with van der Waals surface area (Å²) in [5, 5.41) is 22.3. The van der Waals surface area contributed by atoms with Crippen LogP contribution in [0.3, 0.4) is 0 Å². The van der Waals surface area contributed by atoms with Crippen LogP contribution >= 0.6 is 17.0 Å². The van der Waals surface area contributed by atoms with Crippen LogP contribution in [0.25, 0.3) is 0 Å². The van der Waals surface area contributed by atoms with Crippen LogP contribution in [0, 0.1) is 0 Å². The molecule has 3 N–H and O–H groups in total. The molecule has 1 aliphatic rings. The first-order valence-corrected chi connectivity index (χ1v) is 4.98. The minimum atomic E-state index is -0.0131. The fourth-order valence-electron chi connectivity index (χ4n) is 2.10. The SMILES string of the molecule is Br.CCNC1Cc2ccc(O)c(O)c2C1. The monoisotopic (exact) mass is 273 g/mol. The Morgan fingerprint density at radius 1 is 1.33 bits per heavy atom. The maximum Gasteiger partial charge on any atom is 0.161 e. The zero-order chi connectivity index (χ0) is 10.1. The smallest absolute Gasteiger partial charge is 0.161 e. The second-order valence-electron chi connectivity index (χ2n) is 3.73. The first kappa shape index (κ1) is 12.3. The highest BCUT2D eigenvalue weighted by Crippen LogP contribution is 2.36. The van der Waals surface area contributed by atoms with Crippen LogP contribution in [0.2, 0.25) is 0 Å². The van der Waals surface area contributed by atoms with E-state index in [-0.39, 0.29) is 28.5 Å². The lowest BCUT2D eigenvalue weighted by atomic mass is 10.1. The van der Waals surface area contributed by atoms with E-state index in [9.17, 15) is 10.2 Å². The Morgan fingerprint density at radius 2 is 2.07 bits per heavy atom. The highest BCUT2D eigenvalue weighted by Gasteiger charge is 2.24. The molecule has 0 fully saturated rings. The number of fused-ring (bicyclic) bond motifs is 1. The van der Waals surface area contributed by atoms with Gasteiger partial charge in [-0.2, -0.15) is 0 Å². The van der Waals surface area contributed by atoms with Gasteiger partial charge in [-0.05, 0) is 31.0 Å². The van der Waals surface area contributed by atoms with Crippen molar-refractivity contribution in [3.8, 4) is 11.5 Å². The van der Waals surface area contributed by atoms with E-state index in [0.717, 1.165) is 30.5 Å².